The minimum absolute atomic E-state index is 0.176. The SMILES string of the molecule is CCCNC(c1ccc(F)c(F)c1F)C1CCOCC1. The first-order valence-corrected chi connectivity index (χ1v) is 7.09. The monoisotopic (exact) mass is 287 g/mol. The predicted octanol–water partition coefficient (Wildman–Crippen LogP) is 3.57. The molecule has 20 heavy (non-hydrogen) atoms. The normalized spacial score (nSPS) is 18.2. The van der Waals surface area contributed by atoms with Crippen molar-refractivity contribution in [1.82, 2.24) is 5.32 Å². The minimum atomic E-state index is -1.39. The van der Waals surface area contributed by atoms with Crippen LogP contribution in [0.5, 0.6) is 0 Å². The fourth-order valence-electron chi connectivity index (χ4n) is 2.66. The zero-order valence-electron chi connectivity index (χ0n) is 11.6. The van der Waals surface area contributed by atoms with Gasteiger partial charge in [-0.15, -0.1) is 0 Å². The molecule has 0 amide bonds. The maximum absolute atomic E-state index is 14.0. The molecule has 0 aromatic heterocycles. The number of rotatable bonds is 5. The highest BCUT2D eigenvalue weighted by atomic mass is 19.2. The fourth-order valence-corrected chi connectivity index (χ4v) is 2.66. The van der Waals surface area contributed by atoms with Gasteiger partial charge >= 0.3 is 0 Å². The standard InChI is InChI=1S/C15H20F3NO/c1-2-7-19-15(10-5-8-20-9-6-10)11-3-4-12(16)14(18)13(11)17/h3-4,10,15,19H,2,5-9H2,1H3. The molecule has 112 valence electrons. The molecule has 1 heterocycles. The molecule has 0 aliphatic carbocycles. The summed E-state index contributed by atoms with van der Waals surface area (Å²) in [6, 6.07) is 2.04. The van der Waals surface area contributed by atoms with Crippen molar-refractivity contribution in [1.29, 1.82) is 0 Å². The highest BCUT2D eigenvalue weighted by Crippen LogP contribution is 2.32. The van der Waals surface area contributed by atoms with Gasteiger partial charge in [-0.3, -0.25) is 0 Å². The van der Waals surface area contributed by atoms with E-state index in [0.29, 0.717) is 19.8 Å². The topological polar surface area (TPSA) is 21.3 Å². The second kappa shape index (κ2) is 7.09. The Bertz CT molecular complexity index is 447. The smallest absolute Gasteiger partial charge is 0.194 e. The molecule has 1 aromatic rings. The number of benzene rings is 1. The quantitative estimate of drug-likeness (QED) is 0.836. The molecule has 1 fully saturated rings. The Morgan fingerprint density at radius 1 is 1.20 bits per heavy atom. The summed E-state index contributed by atoms with van der Waals surface area (Å²) in [5.74, 6) is -3.44. The second-order valence-electron chi connectivity index (χ2n) is 5.15. The van der Waals surface area contributed by atoms with E-state index in [1.54, 1.807) is 0 Å². The van der Waals surface area contributed by atoms with Crippen molar-refractivity contribution in [2.75, 3.05) is 19.8 Å². The van der Waals surface area contributed by atoms with Gasteiger partial charge in [0.15, 0.2) is 17.5 Å². The Hall–Kier alpha value is -1.07. The number of halogens is 3. The summed E-state index contributed by atoms with van der Waals surface area (Å²) >= 11 is 0. The van der Waals surface area contributed by atoms with Crippen molar-refractivity contribution in [3.63, 3.8) is 0 Å². The molecule has 0 spiro atoms. The zero-order chi connectivity index (χ0) is 14.5. The van der Waals surface area contributed by atoms with Crippen molar-refractivity contribution >= 4 is 0 Å². The van der Waals surface area contributed by atoms with E-state index >= 15 is 0 Å². The summed E-state index contributed by atoms with van der Waals surface area (Å²) in [6.07, 6.45) is 2.48. The van der Waals surface area contributed by atoms with Crippen molar-refractivity contribution < 1.29 is 17.9 Å². The third-order valence-electron chi connectivity index (χ3n) is 3.75. The molecule has 1 aliphatic heterocycles. The van der Waals surface area contributed by atoms with Crippen LogP contribution in [0.3, 0.4) is 0 Å². The highest BCUT2D eigenvalue weighted by molar-refractivity contribution is 5.24. The molecule has 5 heteroatoms. The summed E-state index contributed by atoms with van der Waals surface area (Å²) in [7, 11) is 0. The average molecular weight is 287 g/mol. The van der Waals surface area contributed by atoms with Crippen LogP contribution in [0.1, 0.15) is 37.8 Å². The Morgan fingerprint density at radius 3 is 2.55 bits per heavy atom. The van der Waals surface area contributed by atoms with Crippen molar-refractivity contribution in [2.24, 2.45) is 5.92 Å². The number of hydrogen-bond acceptors (Lipinski definition) is 2. The molecular weight excluding hydrogens is 267 g/mol. The summed E-state index contributed by atoms with van der Waals surface area (Å²) in [6.45, 7) is 3.97. The van der Waals surface area contributed by atoms with Gasteiger partial charge in [-0.2, -0.15) is 0 Å². The van der Waals surface area contributed by atoms with Gasteiger partial charge in [0.05, 0.1) is 0 Å². The van der Waals surface area contributed by atoms with Gasteiger partial charge in [-0.1, -0.05) is 13.0 Å². The first-order chi connectivity index (χ1) is 9.65. The first kappa shape index (κ1) is 15.3. The Kier molecular flexibility index (Phi) is 5.43. The van der Waals surface area contributed by atoms with Crippen LogP contribution in [-0.2, 0) is 4.74 Å². The van der Waals surface area contributed by atoms with Crippen molar-refractivity contribution in [2.45, 2.75) is 32.2 Å². The van der Waals surface area contributed by atoms with E-state index in [-0.39, 0.29) is 17.5 Å². The van der Waals surface area contributed by atoms with E-state index in [1.807, 2.05) is 6.92 Å². The molecule has 2 nitrogen and oxygen atoms in total. The van der Waals surface area contributed by atoms with Crippen molar-refractivity contribution in [3.8, 4) is 0 Å². The number of hydrogen-bond donors (Lipinski definition) is 1. The average Bonchev–Trinajstić information content (AvgIpc) is 2.48. The molecule has 0 saturated carbocycles. The van der Waals surface area contributed by atoms with Gasteiger partial charge in [0.2, 0.25) is 0 Å². The van der Waals surface area contributed by atoms with Gasteiger partial charge < -0.3 is 10.1 Å². The zero-order valence-corrected chi connectivity index (χ0v) is 11.6. The summed E-state index contributed by atoms with van der Waals surface area (Å²) in [5, 5.41) is 3.26. The maximum atomic E-state index is 14.0. The van der Waals surface area contributed by atoms with Gasteiger partial charge in [0.25, 0.3) is 0 Å². The van der Waals surface area contributed by atoms with E-state index in [4.69, 9.17) is 4.74 Å². The summed E-state index contributed by atoms with van der Waals surface area (Å²) in [5.41, 5.74) is 0.212. The molecule has 1 aliphatic rings. The van der Waals surface area contributed by atoms with E-state index in [9.17, 15) is 13.2 Å². The molecule has 2 rings (SSSR count). The van der Waals surface area contributed by atoms with Gasteiger partial charge in [-0.25, -0.2) is 13.2 Å². The molecule has 1 unspecified atom stereocenters. The molecule has 0 radical (unpaired) electrons. The Morgan fingerprint density at radius 2 is 1.90 bits per heavy atom. The van der Waals surface area contributed by atoms with Crippen LogP contribution in [0.2, 0.25) is 0 Å². The highest BCUT2D eigenvalue weighted by Gasteiger charge is 2.28. The lowest BCUT2D eigenvalue weighted by Crippen LogP contribution is -2.33. The first-order valence-electron chi connectivity index (χ1n) is 7.09. The van der Waals surface area contributed by atoms with E-state index in [2.05, 4.69) is 5.32 Å². The van der Waals surface area contributed by atoms with E-state index < -0.39 is 17.5 Å². The van der Waals surface area contributed by atoms with Crippen LogP contribution >= 0.6 is 0 Å². The van der Waals surface area contributed by atoms with Gasteiger partial charge in [-0.05, 0) is 37.8 Å². The maximum Gasteiger partial charge on any atom is 0.194 e. The second-order valence-corrected chi connectivity index (χ2v) is 5.15. The minimum Gasteiger partial charge on any atom is -0.381 e. The lowest BCUT2D eigenvalue weighted by atomic mass is 9.86. The molecule has 1 aromatic carbocycles. The molecule has 1 atom stereocenters. The fraction of sp³-hybridized carbons (Fsp3) is 0.600. The number of nitrogens with one attached hydrogen (secondary N) is 1. The molecular formula is C15H20F3NO. The third kappa shape index (κ3) is 3.33. The van der Waals surface area contributed by atoms with E-state index in [1.165, 1.54) is 6.07 Å². The summed E-state index contributed by atoms with van der Waals surface area (Å²) < 4.78 is 45.8. The van der Waals surface area contributed by atoms with Crippen LogP contribution in [0.15, 0.2) is 12.1 Å². The van der Waals surface area contributed by atoms with Crippen LogP contribution in [0, 0.1) is 23.4 Å². The molecule has 1 N–H and O–H groups in total. The van der Waals surface area contributed by atoms with Gasteiger partial charge in [0, 0.05) is 24.8 Å². The molecule has 1 saturated heterocycles. The lowest BCUT2D eigenvalue weighted by Gasteiger charge is -2.31. The lowest BCUT2D eigenvalue weighted by molar-refractivity contribution is 0.0530. The largest absolute Gasteiger partial charge is 0.381 e. The predicted molar refractivity (Wildman–Crippen MR) is 70.9 cm³/mol. The van der Waals surface area contributed by atoms with Crippen LogP contribution in [-0.4, -0.2) is 19.8 Å². The van der Waals surface area contributed by atoms with Crippen molar-refractivity contribution in [3.05, 3.63) is 35.1 Å². The Labute approximate surface area is 117 Å². The Balaban J connectivity index is 2.27. The summed E-state index contributed by atoms with van der Waals surface area (Å²) in [4.78, 5) is 0. The van der Waals surface area contributed by atoms with Crippen LogP contribution < -0.4 is 5.32 Å². The third-order valence-corrected chi connectivity index (χ3v) is 3.75. The van der Waals surface area contributed by atoms with Crippen LogP contribution in [0.4, 0.5) is 13.2 Å². The molecule has 0 bridgehead atoms. The number of ether oxygens (including phenoxy) is 1. The van der Waals surface area contributed by atoms with E-state index in [0.717, 1.165) is 25.3 Å². The van der Waals surface area contributed by atoms with Gasteiger partial charge in [0.1, 0.15) is 0 Å². The van der Waals surface area contributed by atoms with Crippen LogP contribution in [0.25, 0.3) is 0 Å².